The molecule has 3 aromatic heterocycles. The van der Waals surface area contributed by atoms with E-state index in [1.807, 2.05) is 55.9 Å². The second-order valence-corrected chi connectivity index (χ2v) is 8.38. The number of carbonyl (C=O) groups excluding carboxylic acids is 1. The molecule has 0 spiro atoms. The molecule has 2 amide bonds. The summed E-state index contributed by atoms with van der Waals surface area (Å²) in [6, 6.07) is 16.8. The van der Waals surface area contributed by atoms with Gasteiger partial charge in [-0.05, 0) is 55.4 Å². The lowest BCUT2D eigenvalue weighted by Crippen LogP contribution is -2.36. The molecule has 1 unspecified atom stereocenters. The predicted octanol–water partition coefficient (Wildman–Crippen LogP) is 3.03. The van der Waals surface area contributed by atoms with E-state index in [1.165, 1.54) is 14.0 Å². The molecule has 0 aliphatic heterocycles. The summed E-state index contributed by atoms with van der Waals surface area (Å²) in [5, 5.41) is 12.2. The summed E-state index contributed by atoms with van der Waals surface area (Å²) in [6.07, 6.45) is 1.70. The number of rotatable bonds is 7. The summed E-state index contributed by atoms with van der Waals surface area (Å²) in [4.78, 5) is 28.2. The number of hydrogen-bond acceptors (Lipinski definition) is 5. The molecule has 0 aliphatic carbocycles. The minimum atomic E-state index is -0.273. The molecule has 0 fully saturated rings. The molecule has 1 atom stereocenters. The van der Waals surface area contributed by atoms with E-state index < -0.39 is 0 Å². The van der Waals surface area contributed by atoms with Crippen LogP contribution in [0.5, 0.6) is 0 Å². The normalized spacial score (nSPS) is 12.2. The maximum atomic E-state index is 12.5. The van der Waals surface area contributed by atoms with Crippen molar-refractivity contribution in [1.82, 2.24) is 24.4 Å². The standard InChI is InChI=1S/C22H24N6O2S/c1-26(2)18(19-9-6-12-31-19)14-23-21(29)24-17-8-5-7-16(13-17)15-28-22(30)27-11-4-3-10-20(27)25-28/h3-13,18H,14-15H2,1-2H3,(H2,23,24,29). The third-order valence-electron chi connectivity index (χ3n) is 4.96. The first kappa shape index (κ1) is 20.8. The van der Waals surface area contributed by atoms with Crippen LogP contribution >= 0.6 is 11.3 Å². The Labute approximate surface area is 183 Å². The monoisotopic (exact) mass is 436 g/mol. The third-order valence-corrected chi connectivity index (χ3v) is 5.93. The quantitative estimate of drug-likeness (QED) is 0.467. The number of nitrogens with zero attached hydrogens (tertiary/aromatic N) is 4. The zero-order chi connectivity index (χ0) is 21.8. The van der Waals surface area contributed by atoms with E-state index in [1.54, 1.807) is 29.7 Å². The van der Waals surface area contributed by atoms with Crippen molar-refractivity contribution in [2.75, 3.05) is 26.0 Å². The van der Waals surface area contributed by atoms with Crippen LogP contribution in [-0.4, -0.2) is 45.8 Å². The number of aromatic nitrogens is 3. The minimum absolute atomic E-state index is 0.110. The van der Waals surface area contributed by atoms with Gasteiger partial charge in [-0.2, -0.15) is 0 Å². The van der Waals surface area contributed by atoms with Crippen LogP contribution in [-0.2, 0) is 6.54 Å². The lowest BCUT2D eigenvalue weighted by atomic mass is 10.2. The molecule has 0 bridgehead atoms. The molecule has 31 heavy (non-hydrogen) atoms. The summed E-state index contributed by atoms with van der Waals surface area (Å²) in [7, 11) is 3.99. The van der Waals surface area contributed by atoms with Crippen LogP contribution in [0.25, 0.3) is 5.65 Å². The number of carbonyl (C=O) groups is 1. The van der Waals surface area contributed by atoms with E-state index >= 15 is 0 Å². The maximum Gasteiger partial charge on any atom is 0.350 e. The smallest absolute Gasteiger partial charge is 0.336 e. The van der Waals surface area contributed by atoms with Gasteiger partial charge in [-0.3, -0.25) is 4.40 Å². The Balaban J connectivity index is 1.40. The van der Waals surface area contributed by atoms with E-state index in [-0.39, 0.29) is 17.8 Å². The van der Waals surface area contributed by atoms with E-state index in [4.69, 9.17) is 0 Å². The SMILES string of the molecule is CN(C)C(CNC(=O)Nc1cccc(Cn2nc3ccccn3c2=O)c1)c1cccs1. The van der Waals surface area contributed by atoms with Gasteiger partial charge in [0.2, 0.25) is 0 Å². The maximum absolute atomic E-state index is 12.5. The van der Waals surface area contributed by atoms with Gasteiger partial charge in [-0.25, -0.2) is 14.3 Å². The number of benzene rings is 1. The van der Waals surface area contributed by atoms with Gasteiger partial charge < -0.3 is 15.5 Å². The Bertz CT molecular complexity index is 1230. The van der Waals surface area contributed by atoms with Crippen molar-refractivity contribution in [3.63, 3.8) is 0 Å². The molecule has 160 valence electrons. The molecule has 0 saturated carbocycles. The molecular formula is C22H24N6O2S. The zero-order valence-corrected chi connectivity index (χ0v) is 18.2. The second-order valence-electron chi connectivity index (χ2n) is 7.40. The fourth-order valence-corrected chi connectivity index (χ4v) is 4.30. The Kier molecular flexibility index (Phi) is 6.15. The van der Waals surface area contributed by atoms with Crippen LogP contribution in [0.15, 0.2) is 71.0 Å². The minimum Gasteiger partial charge on any atom is -0.336 e. The predicted molar refractivity (Wildman–Crippen MR) is 123 cm³/mol. The number of urea groups is 1. The van der Waals surface area contributed by atoms with Crippen LogP contribution in [0.3, 0.4) is 0 Å². The van der Waals surface area contributed by atoms with Gasteiger partial charge in [0.05, 0.1) is 12.6 Å². The molecule has 2 N–H and O–H groups in total. The van der Waals surface area contributed by atoms with E-state index in [9.17, 15) is 9.59 Å². The lowest BCUT2D eigenvalue weighted by molar-refractivity contribution is 0.244. The Morgan fingerprint density at radius 3 is 2.77 bits per heavy atom. The number of hydrogen-bond donors (Lipinski definition) is 2. The molecule has 3 heterocycles. The first-order chi connectivity index (χ1) is 15.0. The molecule has 4 aromatic rings. The Morgan fingerprint density at radius 2 is 2.03 bits per heavy atom. The highest BCUT2D eigenvalue weighted by molar-refractivity contribution is 7.10. The molecule has 0 aliphatic rings. The van der Waals surface area contributed by atoms with Gasteiger partial charge in [0, 0.05) is 23.3 Å². The van der Waals surface area contributed by atoms with Gasteiger partial charge in [0.1, 0.15) is 0 Å². The molecule has 4 rings (SSSR count). The van der Waals surface area contributed by atoms with Crippen LogP contribution in [0, 0.1) is 0 Å². The number of anilines is 1. The average molecular weight is 437 g/mol. The highest BCUT2D eigenvalue weighted by Gasteiger charge is 2.16. The van der Waals surface area contributed by atoms with Crippen LogP contribution in [0.4, 0.5) is 10.5 Å². The van der Waals surface area contributed by atoms with Crippen LogP contribution in [0.1, 0.15) is 16.5 Å². The first-order valence-corrected chi connectivity index (χ1v) is 10.8. The van der Waals surface area contributed by atoms with Gasteiger partial charge in [0.25, 0.3) is 0 Å². The number of amides is 2. The highest BCUT2D eigenvalue weighted by atomic mass is 32.1. The topological polar surface area (TPSA) is 83.7 Å². The summed E-state index contributed by atoms with van der Waals surface area (Å²) in [6.45, 7) is 0.814. The molecular weight excluding hydrogens is 412 g/mol. The number of thiophene rings is 1. The summed E-state index contributed by atoms with van der Waals surface area (Å²) in [5.41, 5.74) is 1.93. The fraction of sp³-hybridized carbons (Fsp3) is 0.227. The summed E-state index contributed by atoms with van der Waals surface area (Å²) in [5.74, 6) is 0. The third kappa shape index (κ3) is 4.84. The van der Waals surface area contributed by atoms with Crippen molar-refractivity contribution in [2.24, 2.45) is 0 Å². The molecule has 1 aromatic carbocycles. The lowest BCUT2D eigenvalue weighted by Gasteiger charge is -2.23. The Hall–Kier alpha value is -3.43. The molecule has 0 radical (unpaired) electrons. The average Bonchev–Trinajstić information content (AvgIpc) is 3.37. The fourth-order valence-electron chi connectivity index (χ4n) is 3.37. The van der Waals surface area contributed by atoms with Crippen molar-refractivity contribution in [3.8, 4) is 0 Å². The number of pyridine rings is 1. The first-order valence-electron chi connectivity index (χ1n) is 9.89. The van der Waals surface area contributed by atoms with Crippen molar-refractivity contribution in [3.05, 3.63) is 87.1 Å². The summed E-state index contributed by atoms with van der Waals surface area (Å²) >= 11 is 1.67. The van der Waals surface area contributed by atoms with Crippen molar-refractivity contribution >= 4 is 28.7 Å². The van der Waals surface area contributed by atoms with Crippen LogP contribution < -0.4 is 16.3 Å². The summed E-state index contributed by atoms with van der Waals surface area (Å²) < 4.78 is 2.92. The van der Waals surface area contributed by atoms with Gasteiger partial charge in [0.15, 0.2) is 5.65 Å². The van der Waals surface area contributed by atoms with Gasteiger partial charge in [-0.1, -0.05) is 24.3 Å². The largest absolute Gasteiger partial charge is 0.350 e. The number of likely N-dealkylation sites (N-methyl/N-ethyl adjacent to an activating group) is 1. The second kappa shape index (κ2) is 9.15. The number of nitrogens with one attached hydrogen (secondary N) is 2. The van der Waals surface area contributed by atoms with Crippen molar-refractivity contribution in [2.45, 2.75) is 12.6 Å². The highest BCUT2D eigenvalue weighted by Crippen LogP contribution is 2.22. The van der Waals surface area contributed by atoms with E-state index in [0.29, 0.717) is 24.4 Å². The van der Waals surface area contributed by atoms with Crippen LogP contribution in [0.2, 0.25) is 0 Å². The molecule has 8 nitrogen and oxygen atoms in total. The number of fused-ring (bicyclic) bond motifs is 1. The van der Waals surface area contributed by atoms with Gasteiger partial charge >= 0.3 is 11.7 Å². The van der Waals surface area contributed by atoms with Gasteiger partial charge in [-0.15, -0.1) is 16.4 Å². The van der Waals surface area contributed by atoms with Crippen molar-refractivity contribution in [1.29, 1.82) is 0 Å². The van der Waals surface area contributed by atoms with Crippen molar-refractivity contribution < 1.29 is 4.79 Å². The van der Waals surface area contributed by atoms with E-state index in [2.05, 4.69) is 26.7 Å². The van der Waals surface area contributed by atoms with E-state index in [0.717, 1.165) is 5.56 Å². The Morgan fingerprint density at radius 1 is 1.16 bits per heavy atom. The molecule has 0 saturated heterocycles. The zero-order valence-electron chi connectivity index (χ0n) is 17.4. The molecule has 9 heteroatoms.